The molecule has 7 heteroatoms. The molecule has 0 saturated heterocycles. The van der Waals surface area contributed by atoms with Crippen molar-refractivity contribution in [1.82, 2.24) is 4.31 Å². The van der Waals surface area contributed by atoms with Gasteiger partial charge in [-0.3, -0.25) is 0 Å². The SMILES string of the molecule is COC(=O)c1cc(OC)ccc1S(=O)(=O)N(C)C. The van der Waals surface area contributed by atoms with E-state index in [1.54, 1.807) is 0 Å². The summed E-state index contributed by atoms with van der Waals surface area (Å²) in [5.41, 5.74) is -0.0504. The number of carbonyl (C=O) groups is 1. The number of hydrogen-bond acceptors (Lipinski definition) is 5. The number of methoxy groups -OCH3 is 2. The van der Waals surface area contributed by atoms with Gasteiger partial charge in [-0.05, 0) is 18.2 Å². The van der Waals surface area contributed by atoms with Crippen LogP contribution in [-0.2, 0) is 14.8 Å². The Kier molecular flexibility index (Phi) is 4.31. The molecule has 18 heavy (non-hydrogen) atoms. The highest BCUT2D eigenvalue weighted by Gasteiger charge is 2.25. The van der Waals surface area contributed by atoms with Gasteiger partial charge in [0, 0.05) is 14.1 Å². The number of nitrogens with zero attached hydrogens (tertiary/aromatic N) is 1. The van der Waals surface area contributed by atoms with Crippen LogP contribution in [0.15, 0.2) is 23.1 Å². The molecule has 0 unspecified atom stereocenters. The lowest BCUT2D eigenvalue weighted by molar-refractivity contribution is 0.0595. The summed E-state index contributed by atoms with van der Waals surface area (Å²) in [5, 5.41) is 0. The number of esters is 1. The fraction of sp³-hybridized carbons (Fsp3) is 0.364. The van der Waals surface area contributed by atoms with Gasteiger partial charge in [0.2, 0.25) is 10.0 Å². The van der Waals surface area contributed by atoms with E-state index >= 15 is 0 Å². The minimum atomic E-state index is -3.71. The quantitative estimate of drug-likeness (QED) is 0.756. The molecule has 1 aromatic carbocycles. The van der Waals surface area contributed by atoms with Crippen molar-refractivity contribution in [3.63, 3.8) is 0 Å². The van der Waals surface area contributed by atoms with Gasteiger partial charge in [-0.1, -0.05) is 0 Å². The van der Waals surface area contributed by atoms with Crippen LogP contribution in [0, 0.1) is 0 Å². The van der Waals surface area contributed by atoms with Crippen LogP contribution >= 0.6 is 0 Å². The second-order valence-electron chi connectivity index (χ2n) is 3.64. The number of rotatable bonds is 4. The lowest BCUT2D eigenvalue weighted by Crippen LogP contribution is -2.24. The van der Waals surface area contributed by atoms with Gasteiger partial charge < -0.3 is 9.47 Å². The van der Waals surface area contributed by atoms with Gasteiger partial charge in [-0.15, -0.1) is 0 Å². The molecule has 1 rings (SSSR count). The molecule has 0 aliphatic carbocycles. The molecule has 100 valence electrons. The van der Waals surface area contributed by atoms with Crippen LogP contribution in [0.4, 0.5) is 0 Å². The minimum absolute atomic E-state index is 0.0504. The average molecular weight is 273 g/mol. The van der Waals surface area contributed by atoms with Crippen LogP contribution in [0.1, 0.15) is 10.4 Å². The Bertz CT molecular complexity index is 551. The van der Waals surface area contributed by atoms with Crippen LogP contribution in [0.3, 0.4) is 0 Å². The number of sulfonamides is 1. The molecule has 0 saturated carbocycles. The normalized spacial score (nSPS) is 11.4. The summed E-state index contributed by atoms with van der Waals surface area (Å²) in [5.74, 6) is -0.345. The zero-order valence-corrected chi connectivity index (χ0v) is 11.4. The predicted octanol–water partition coefficient (Wildman–Crippen LogP) is 0.732. The molecule has 0 radical (unpaired) electrons. The molecule has 0 bridgehead atoms. The van der Waals surface area contributed by atoms with Crippen molar-refractivity contribution in [2.75, 3.05) is 28.3 Å². The van der Waals surface area contributed by atoms with Crippen LogP contribution in [0.5, 0.6) is 5.75 Å². The van der Waals surface area contributed by atoms with Gasteiger partial charge in [-0.25, -0.2) is 17.5 Å². The summed E-state index contributed by atoms with van der Waals surface area (Å²) in [6.45, 7) is 0. The Balaban J connectivity index is 3.50. The van der Waals surface area contributed by atoms with Gasteiger partial charge in [0.1, 0.15) is 5.75 Å². The van der Waals surface area contributed by atoms with Gasteiger partial charge in [0.05, 0.1) is 24.7 Å². The molecule has 0 aliphatic rings. The fourth-order valence-electron chi connectivity index (χ4n) is 1.33. The first-order valence-electron chi connectivity index (χ1n) is 5.03. The Labute approximate surface area is 106 Å². The topological polar surface area (TPSA) is 72.9 Å². The molecule has 0 atom stereocenters. The zero-order chi connectivity index (χ0) is 13.9. The fourth-order valence-corrected chi connectivity index (χ4v) is 2.38. The van der Waals surface area contributed by atoms with E-state index in [9.17, 15) is 13.2 Å². The van der Waals surface area contributed by atoms with E-state index in [4.69, 9.17) is 4.74 Å². The van der Waals surface area contributed by atoms with Crippen LogP contribution in [-0.4, -0.2) is 47.0 Å². The molecule has 0 N–H and O–H groups in total. The maximum atomic E-state index is 12.1. The van der Waals surface area contributed by atoms with E-state index in [0.717, 1.165) is 4.31 Å². The minimum Gasteiger partial charge on any atom is -0.497 e. The third-order valence-electron chi connectivity index (χ3n) is 2.35. The highest BCUT2D eigenvalue weighted by atomic mass is 32.2. The summed E-state index contributed by atoms with van der Waals surface area (Å²) in [7, 11) is 1.68. The molecular weight excluding hydrogens is 258 g/mol. The molecule has 0 spiro atoms. The molecule has 0 aromatic heterocycles. The zero-order valence-electron chi connectivity index (χ0n) is 10.6. The number of benzene rings is 1. The Morgan fingerprint density at radius 1 is 1.22 bits per heavy atom. The highest BCUT2D eigenvalue weighted by molar-refractivity contribution is 7.89. The van der Waals surface area contributed by atoms with Crippen molar-refractivity contribution in [2.24, 2.45) is 0 Å². The van der Waals surface area contributed by atoms with E-state index in [-0.39, 0.29) is 10.5 Å². The molecule has 6 nitrogen and oxygen atoms in total. The first kappa shape index (κ1) is 14.5. The average Bonchev–Trinajstić information content (AvgIpc) is 2.36. The monoisotopic (exact) mass is 273 g/mol. The molecule has 0 amide bonds. The van der Waals surface area contributed by atoms with E-state index in [1.165, 1.54) is 46.5 Å². The Morgan fingerprint density at radius 2 is 1.83 bits per heavy atom. The maximum absolute atomic E-state index is 12.1. The first-order chi connectivity index (χ1) is 8.34. The van der Waals surface area contributed by atoms with Crippen molar-refractivity contribution >= 4 is 16.0 Å². The van der Waals surface area contributed by atoms with Gasteiger partial charge >= 0.3 is 5.97 Å². The summed E-state index contributed by atoms with van der Waals surface area (Å²) in [6, 6.07) is 4.13. The third-order valence-corrected chi connectivity index (χ3v) is 4.22. The summed E-state index contributed by atoms with van der Waals surface area (Å²) >= 11 is 0. The molecule has 1 aromatic rings. The van der Waals surface area contributed by atoms with E-state index < -0.39 is 16.0 Å². The van der Waals surface area contributed by atoms with Gasteiger partial charge in [0.25, 0.3) is 0 Å². The van der Waals surface area contributed by atoms with Crippen molar-refractivity contribution in [2.45, 2.75) is 4.90 Å². The number of ether oxygens (including phenoxy) is 2. The Morgan fingerprint density at radius 3 is 2.28 bits per heavy atom. The smallest absolute Gasteiger partial charge is 0.339 e. The largest absolute Gasteiger partial charge is 0.497 e. The number of carbonyl (C=O) groups excluding carboxylic acids is 1. The van der Waals surface area contributed by atoms with Crippen LogP contribution in [0.2, 0.25) is 0 Å². The second kappa shape index (κ2) is 5.36. The van der Waals surface area contributed by atoms with E-state index in [1.807, 2.05) is 0 Å². The molecule has 0 aliphatic heterocycles. The molecular formula is C11H15NO5S. The lowest BCUT2D eigenvalue weighted by Gasteiger charge is -2.14. The van der Waals surface area contributed by atoms with Crippen LogP contribution < -0.4 is 4.74 Å². The predicted molar refractivity (Wildman–Crippen MR) is 65.2 cm³/mol. The van der Waals surface area contributed by atoms with Gasteiger partial charge in [0.15, 0.2) is 0 Å². The van der Waals surface area contributed by atoms with Crippen molar-refractivity contribution in [3.05, 3.63) is 23.8 Å². The maximum Gasteiger partial charge on any atom is 0.339 e. The van der Waals surface area contributed by atoms with Crippen molar-refractivity contribution in [1.29, 1.82) is 0 Å². The van der Waals surface area contributed by atoms with Crippen molar-refractivity contribution in [3.8, 4) is 5.75 Å². The summed E-state index contributed by atoms with van der Waals surface area (Å²) in [6.07, 6.45) is 0. The highest BCUT2D eigenvalue weighted by Crippen LogP contribution is 2.24. The second-order valence-corrected chi connectivity index (χ2v) is 5.76. The standard InChI is InChI=1S/C11H15NO5S/c1-12(2)18(14,15)10-6-5-8(16-3)7-9(10)11(13)17-4/h5-7H,1-4H3. The summed E-state index contributed by atoms with van der Waals surface area (Å²) in [4.78, 5) is 11.5. The Hall–Kier alpha value is -1.60. The van der Waals surface area contributed by atoms with Crippen molar-refractivity contribution < 1.29 is 22.7 Å². The lowest BCUT2D eigenvalue weighted by atomic mass is 10.2. The van der Waals surface area contributed by atoms with Gasteiger partial charge in [-0.2, -0.15) is 0 Å². The number of hydrogen-bond donors (Lipinski definition) is 0. The summed E-state index contributed by atoms with van der Waals surface area (Å²) < 4.78 is 34.7. The van der Waals surface area contributed by atoms with E-state index in [0.29, 0.717) is 5.75 Å². The first-order valence-corrected chi connectivity index (χ1v) is 6.47. The third kappa shape index (κ3) is 2.62. The molecule has 0 heterocycles. The molecule has 0 fully saturated rings. The van der Waals surface area contributed by atoms with Crippen LogP contribution in [0.25, 0.3) is 0 Å². The van der Waals surface area contributed by atoms with E-state index in [2.05, 4.69) is 4.74 Å².